The van der Waals surface area contributed by atoms with Gasteiger partial charge in [-0.15, -0.1) is 0 Å². The maximum absolute atomic E-state index is 12.3. The second-order valence-electron chi connectivity index (χ2n) is 4.78. The summed E-state index contributed by atoms with van der Waals surface area (Å²) in [6.07, 6.45) is 0. The van der Waals surface area contributed by atoms with Crippen LogP contribution in [0.5, 0.6) is 0 Å². The van der Waals surface area contributed by atoms with E-state index in [4.69, 9.17) is 5.26 Å². The van der Waals surface area contributed by atoms with Gasteiger partial charge in [0.2, 0.25) is 0 Å². The Kier molecular flexibility index (Phi) is 3.80. The van der Waals surface area contributed by atoms with Crippen molar-refractivity contribution in [2.24, 2.45) is 0 Å². The summed E-state index contributed by atoms with van der Waals surface area (Å²) in [5.74, 6) is -0.266. The SMILES string of the molecule is N#CCNC(=O)c1cc(-c2ccccc2)nc2ccccc12. The Bertz CT molecular complexity index is 866. The smallest absolute Gasteiger partial charge is 0.252 e. The van der Waals surface area contributed by atoms with Crippen LogP contribution in [0.1, 0.15) is 10.4 Å². The number of hydrogen-bond acceptors (Lipinski definition) is 3. The molecule has 0 spiro atoms. The molecule has 1 amide bonds. The molecule has 0 aliphatic heterocycles. The van der Waals surface area contributed by atoms with Crippen LogP contribution in [-0.2, 0) is 0 Å². The van der Waals surface area contributed by atoms with E-state index in [1.165, 1.54) is 0 Å². The normalized spacial score (nSPS) is 10.1. The molecule has 1 N–H and O–H groups in total. The Balaban J connectivity index is 2.17. The van der Waals surface area contributed by atoms with Crippen LogP contribution in [0, 0.1) is 11.3 Å². The molecule has 3 aromatic rings. The zero-order valence-electron chi connectivity index (χ0n) is 11.8. The predicted octanol–water partition coefficient (Wildman–Crippen LogP) is 3.16. The molecular formula is C18H13N3O. The number of hydrogen-bond donors (Lipinski definition) is 1. The molecule has 0 unspecified atom stereocenters. The Morgan fingerprint density at radius 2 is 1.82 bits per heavy atom. The van der Waals surface area contributed by atoms with Crippen LogP contribution in [0.25, 0.3) is 22.2 Å². The lowest BCUT2D eigenvalue weighted by atomic mass is 10.0. The summed E-state index contributed by atoms with van der Waals surface area (Å²) >= 11 is 0. The first-order valence-corrected chi connectivity index (χ1v) is 6.90. The first-order chi connectivity index (χ1) is 10.8. The number of nitrogens with zero attached hydrogens (tertiary/aromatic N) is 2. The van der Waals surface area contributed by atoms with Gasteiger partial charge in [-0.25, -0.2) is 4.98 Å². The van der Waals surface area contributed by atoms with Gasteiger partial charge in [0.1, 0.15) is 6.54 Å². The van der Waals surface area contributed by atoms with Crippen molar-refractivity contribution in [2.75, 3.05) is 6.54 Å². The van der Waals surface area contributed by atoms with Crippen molar-refractivity contribution in [3.05, 3.63) is 66.2 Å². The van der Waals surface area contributed by atoms with Crippen molar-refractivity contribution in [2.45, 2.75) is 0 Å². The van der Waals surface area contributed by atoms with E-state index >= 15 is 0 Å². The minimum atomic E-state index is -0.266. The van der Waals surface area contributed by atoms with Gasteiger partial charge in [-0.05, 0) is 12.1 Å². The number of pyridine rings is 1. The molecule has 0 saturated heterocycles. The third-order valence-corrected chi connectivity index (χ3v) is 3.36. The summed E-state index contributed by atoms with van der Waals surface area (Å²) in [5.41, 5.74) is 2.97. The second kappa shape index (κ2) is 6.06. The zero-order chi connectivity index (χ0) is 15.4. The van der Waals surface area contributed by atoms with Gasteiger partial charge in [-0.3, -0.25) is 4.79 Å². The largest absolute Gasteiger partial charge is 0.339 e. The maximum atomic E-state index is 12.3. The lowest BCUT2D eigenvalue weighted by molar-refractivity contribution is 0.0960. The van der Waals surface area contributed by atoms with E-state index in [0.717, 1.165) is 22.2 Å². The molecule has 4 nitrogen and oxygen atoms in total. The van der Waals surface area contributed by atoms with E-state index in [2.05, 4.69) is 10.3 Å². The fourth-order valence-corrected chi connectivity index (χ4v) is 2.34. The molecule has 0 radical (unpaired) electrons. The molecule has 22 heavy (non-hydrogen) atoms. The molecule has 0 fully saturated rings. The molecule has 3 rings (SSSR count). The quantitative estimate of drug-likeness (QED) is 0.752. The van der Waals surface area contributed by atoms with Crippen molar-refractivity contribution in [3.8, 4) is 17.3 Å². The molecule has 0 aliphatic rings. The molecule has 0 bridgehead atoms. The second-order valence-corrected chi connectivity index (χ2v) is 4.78. The van der Waals surface area contributed by atoms with Crippen molar-refractivity contribution in [3.63, 3.8) is 0 Å². The number of carbonyl (C=O) groups is 1. The number of nitriles is 1. The molecule has 0 saturated carbocycles. The first-order valence-electron chi connectivity index (χ1n) is 6.90. The number of fused-ring (bicyclic) bond motifs is 1. The molecule has 4 heteroatoms. The summed E-state index contributed by atoms with van der Waals surface area (Å²) in [5, 5.41) is 12.0. The lowest BCUT2D eigenvalue weighted by Crippen LogP contribution is -2.23. The van der Waals surface area contributed by atoms with Gasteiger partial charge in [0, 0.05) is 10.9 Å². The molecule has 1 heterocycles. The number of benzene rings is 2. The summed E-state index contributed by atoms with van der Waals surface area (Å²) < 4.78 is 0. The van der Waals surface area contributed by atoms with Crippen molar-refractivity contribution in [1.82, 2.24) is 10.3 Å². The summed E-state index contributed by atoms with van der Waals surface area (Å²) in [4.78, 5) is 16.9. The molecule has 0 aliphatic carbocycles. The number of carbonyl (C=O) groups excluding carboxylic acids is 1. The maximum Gasteiger partial charge on any atom is 0.252 e. The van der Waals surface area contributed by atoms with E-state index in [9.17, 15) is 4.79 Å². The van der Waals surface area contributed by atoms with Crippen LogP contribution in [0.2, 0.25) is 0 Å². The average molecular weight is 287 g/mol. The molecule has 2 aromatic carbocycles. The van der Waals surface area contributed by atoms with E-state index in [1.54, 1.807) is 6.07 Å². The predicted molar refractivity (Wildman–Crippen MR) is 85.1 cm³/mol. The van der Waals surface area contributed by atoms with Crippen LogP contribution in [0.3, 0.4) is 0 Å². The Morgan fingerprint density at radius 3 is 2.59 bits per heavy atom. The number of aromatic nitrogens is 1. The standard InChI is InChI=1S/C18H13N3O/c19-10-11-20-18(22)15-12-17(13-6-2-1-3-7-13)21-16-9-5-4-8-14(15)16/h1-9,12H,11H2,(H,20,22). The topological polar surface area (TPSA) is 65.8 Å². The Morgan fingerprint density at radius 1 is 1.09 bits per heavy atom. The Hall–Kier alpha value is -3.19. The lowest BCUT2D eigenvalue weighted by Gasteiger charge is -2.09. The highest BCUT2D eigenvalue weighted by molar-refractivity contribution is 6.07. The van der Waals surface area contributed by atoms with Gasteiger partial charge in [-0.2, -0.15) is 5.26 Å². The minimum Gasteiger partial charge on any atom is -0.339 e. The average Bonchev–Trinajstić information content (AvgIpc) is 2.59. The highest BCUT2D eigenvalue weighted by Crippen LogP contribution is 2.24. The van der Waals surface area contributed by atoms with Gasteiger partial charge in [0.05, 0.1) is 22.8 Å². The minimum absolute atomic E-state index is 0.0177. The van der Waals surface area contributed by atoms with Crippen LogP contribution in [0.4, 0.5) is 0 Å². The summed E-state index contributed by atoms with van der Waals surface area (Å²) in [6.45, 7) is -0.0177. The van der Waals surface area contributed by atoms with Crippen molar-refractivity contribution in [1.29, 1.82) is 5.26 Å². The van der Waals surface area contributed by atoms with E-state index in [-0.39, 0.29) is 12.5 Å². The van der Waals surface area contributed by atoms with E-state index < -0.39 is 0 Å². The fourth-order valence-electron chi connectivity index (χ4n) is 2.34. The van der Waals surface area contributed by atoms with Gasteiger partial charge >= 0.3 is 0 Å². The van der Waals surface area contributed by atoms with Crippen LogP contribution in [-0.4, -0.2) is 17.4 Å². The first kappa shape index (κ1) is 13.8. The monoisotopic (exact) mass is 287 g/mol. The van der Waals surface area contributed by atoms with Crippen molar-refractivity contribution < 1.29 is 4.79 Å². The van der Waals surface area contributed by atoms with E-state index in [1.807, 2.05) is 60.7 Å². The molecule has 1 aromatic heterocycles. The molecule has 0 atom stereocenters. The third-order valence-electron chi connectivity index (χ3n) is 3.36. The molecule has 106 valence electrons. The number of rotatable bonds is 3. The highest BCUT2D eigenvalue weighted by atomic mass is 16.1. The molecular weight excluding hydrogens is 274 g/mol. The summed E-state index contributed by atoms with van der Waals surface area (Å²) in [6, 6.07) is 20.9. The highest BCUT2D eigenvalue weighted by Gasteiger charge is 2.13. The van der Waals surface area contributed by atoms with Crippen LogP contribution in [0.15, 0.2) is 60.7 Å². The van der Waals surface area contributed by atoms with Gasteiger partial charge in [-0.1, -0.05) is 48.5 Å². The fraction of sp³-hybridized carbons (Fsp3) is 0.0556. The number of para-hydroxylation sites is 1. The van der Waals surface area contributed by atoms with Gasteiger partial charge in [0.15, 0.2) is 0 Å². The van der Waals surface area contributed by atoms with Gasteiger partial charge < -0.3 is 5.32 Å². The van der Waals surface area contributed by atoms with Crippen LogP contribution >= 0.6 is 0 Å². The number of amides is 1. The number of nitrogens with one attached hydrogen (secondary N) is 1. The van der Waals surface area contributed by atoms with E-state index in [0.29, 0.717) is 5.56 Å². The zero-order valence-corrected chi connectivity index (χ0v) is 11.8. The van der Waals surface area contributed by atoms with Crippen molar-refractivity contribution >= 4 is 16.8 Å². The third kappa shape index (κ3) is 2.65. The van der Waals surface area contributed by atoms with Crippen LogP contribution < -0.4 is 5.32 Å². The summed E-state index contributed by atoms with van der Waals surface area (Å²) in [7, 11) is 0. The van der Waals surface area contributed by atoms with Gasteiger partial charge in [0.25, 0.3) is 5.91 Å². The Labute approximate surface area is 128 Å².